The van der Waals surface area contributed by atoms with Gasteiger partial charge in [0.2, 0.25) is 0 Å². The van der Waals surface area contributed by atoms with Crippen LogP contribution in [0.15, 0.2) is 35.1 Å². The largest absolute Gasteiger partial charge is 0.396 e. The summed E-state index contributed by atoms with van der Waals surface area (Å²) in [5, 5.41) is 27.9. The molecule has 2 aromatic heterocycles. The summed E-state index contributed by atoms with van der Waals surface area (Å²) in [5.74, 6) is 0.0387. The molecule has 7 heteroatoms. The maximum absolute atomic E-state index is 12.5. The predicted octanol–water partition coefficient (Wildman–Crippen LogP) is 2.04. The van der Waals surface area contributed by atoms with Crippen molar-refractivity contribution in [3.8, 4) is 11.3 Å². The molecule has 0 spiro atoms. The fourth-order valence-corrected chi connectivity index (χ4v) is 4.00. The molecule has 3 atom stereocenters. The Balaban J connectivity index is 1.75. The lowest BCUT2D eigenvalue weighted by atomic mass is 10.1. The van der Waals surface area contributed by atoms with Gasteiger partial charge < -0.3 is 15.2 Å². The molecule has 0 bridgehead atoms. The summed E-state index contributed by atoms with van der Waals surface area (Å²) in [7, 11) is 0. The highest BCUT2D eigenvalue weighted by molar-refractivity contribution is 5.78. The maximum atomic E-state index is 12.5. The molecule has 7 nitrogen and oxygen atoms in total. The number of fused-ring (bicyclic) bond motifs is 1. The second kappa shape index (κ2) is 7.25. The minimum absolute atomic E-state index is 0.0378. The molecule has 1 aromatic carbocycles. The van der Waals surface area contributed by atoms with Gasteiger partial charge in [0.05, 0.1) is 23.4 Å². The first-order valence-electron chi connectivity index (χ1n) is 9.47. The number of aryl methyl sites for hydroxylation is 1. The number of H-pyrrole nitrogens is 1. The normalized spacial score (nSPS) is 22.6. The zero-order valence-corrected chi connectivity index (χ0v) is 15.3. The molecular weight excluding hydrogens is 344 g/mol. The van der Waals surface area contributed by atoms with Crippen molar-refractivity contribution >= 4 is 11.0 Å². The van der Waals surface area contributed by atoms with E-state index in [1.165, 1.54) is 5.56 Å². The number of aromatic amines is 1. The molecule has 3 unspecified atom stereocenters. The lowest BCUT2D eigenvalue weighted by Crippen LogP contribution is -2.19. The summed E-state index contributed by atoms with van der Waals surface area (Å²) in [4.78, 5) is 15.4. The Morgan fingerprint density at radius 1 is 1.26 bits per heavy atom. The highest BCUT2D eigenvalue weighted by Gasteiger charge is 2.35. The molecule has 27 heavy (non-hydrogen) atoms. The number of rotatable bonds is 5. The van der Waals surface area contributed by atoms with Crippen LogP contribution >= 0.6 is 0 Å². The summed E-state index contributed by atoms with van der Waals surface area (Å²) in [6.45, 7) is 2.18. The Morgan fingerprint density at radius 3 is 2.70 bits per heavy atom. The van der Waals surface area contributed by atoms with Gasteiger partial charge in [-0.2, -0.15) is 0 Å². The van der Waals surface area contributed by atoms with E-state index in [1.807, 2.05) is 18.2 Å². The Labute approximate surface area is 156 Å². The SMILES string of the molecule is CCCc1ccc(-c2cc3c(nnn3C3CC(CO)CC3O)c(=O)[nH]2)cc1. The van der Waals surface area contributed by atoms with Gasteiger partial charge in [0.15, 0.2) is 5.52 Å². The number of aliphatic hydroxyl groups is 2. The molecule has 1 aliphatic carbocycles. The van der Waals surface area contributed by atoms with Crippen LogP contribution in [-0.4, -0.2) is 42.9 Å². The number of nitrogens with one attached hydrogen (secondary N) is 1. The van der Waals surface area contributed by atoms with E-state index in [9.17, 15) is 15.0 Å². The Hall–Kier alpha value is -2.51. The molecule has 0 aliphatic heterocycles. The molecule has 1 saturated carbocycles. The summed E-state index contributed by atoms with van der Waals surface area (Å²) in [6, 6.07) is 9.73. The van der Waals surface area contributed by atoms with E-state index in [2.05, 4.69) is 34.4 Å². The van der Waals surface area contributed by atoms with Crippen molar-refractivity contribution in [1.29, 1.82) is 0 Å². The molecule has 1 aliphatic rings. The molecular formula is C20H24N4O3. The Bertz CT molecular complexity index is 993. The van der Waals surface area contributed by atoms with E-state index in [0.29, 0.717) is 24.1 Å². The van der Waals surface area contributed by atoms with Gasteiger partial charge in [0.1, 0.15) is 0 Å². The summed E-state index contributed by atoms with van der Waals surface area (Å²) >= 11 is 0. The van der Waals surface area contributed by atoms with Crippen molar-refractivity contribution in [2.75, 3.05) is 6.61 Å². The molecule has 3 aromatic rings. The topological polar surface area (TPSA) is 104 Å². The number of pyridine rings is 1. The average molecular weight is 368 g/mol. The van der Waals surface area contributed by atoms with Crippen molar-refractivity contribution in [3.05, 3.63) is 46.2 Å². The van der Waals surface area contributed by atoms with Crippen LogP contribution in [0.1, 0.15) is 37.8 Å². The lowest BCUT2D eigenvalue weighted by molar-refractivity contribution is 0.127. The van der Waals surface area contributed by atoms with E-state index in [-0.39, 0.29) is 29.6 Å². The number of benzene rings is 1. The summed E-state index contributed by atoms with van der Waals surface area (Å²) in [6.07, 6.45) is 2.65. The maximum Gasteiger partial charge on any atom is 0.278 e. The quantitative estimate of drug-likeness (QED) is 0.639. The smallest absolute Gasteiger partial charge is 0.278 e. The minimum Gasteiger partial charge on any atom is -0.396 e. The average Bonchev–Trinajstić information content (AvgIpc) is 3.26. The van der Waals surface area contributed by atoms with E-state index in [1.54, 1.807) is 4.68 Å². The van der Waals surface area contributed by atoms with Gasteiger partial charge in [-0.25, -0.2) is 4.68 Å². The second-order valence-electron chi connectivity index (χ2n) is 7.38. The molecule has 3 N–H and O–H groups in total. The third kappa shape index (κ3) is 3.28. The molecule has 142 valence electrons. The zero-order chi connectivity index (χ0) is 19.0. The van der Waals surface area contributed by atoms with Gasteiger partial charge in [-0.15, -0.1) is 5.10 Å². The van der Waals surface area contributed by atoms with Gasteiger partial charge in [0, 0.05) is 6.61 Å². The van der Waals surface area contributed by atoms with Crippen molar-refractivity contribution in [2.24, 2.45) is 5.92 Å². The standard InChI is InChI=1S/C20H24N4O3/c1-2-3-12-4-6-14(7-5-12)15-10-17-19(20(27)21-15)22-23-24(17)16-8-13(11-25)9-18(16)26/h4-7,10,13,16,18,25-26H,2-3,8-9,11H2,1H3,(H,21,27). The van der Waals surface area contributed by atoms with Gasteiger partial charge in [-0.3, -0.25) is 4.79 Å². The van der Waals surface area contributed by atoms with Crippen molar-refractivity contribution < 1.29 is 10.2 Å². The van der Waals surface area contributed by atoms with Crippen LogP contribution in [0, 0.1) is 5.92 Å². The van der Waals surface area contributed by atoms with Crippen LogP contribution in [0.25, 0.3) is 22.3 Å². The van der Waals surface area contributed by atoms with Crippen LogP contribution in [0.3, 0.4) is 0 Å². The van der Waals surface area contributed by atoms with Crippen molar-refractivity contribution in [3.63, 3.8) is 0 Å². The Morgan fingerprint density at radius 2 is 2.04 bits per heavy atom. The van der Waals surface area contributed by atoms with Crippen LogP contribution in [0.4, 0.5) is 0 Å². The van der Waals surface area contributed by atoms with E-state index in [4.69, 9.17) is 0 Å². The van der Waals surface area contributed by atoms with Crippen LogP contribution < -0.4 is 5.56 Å². The molecule has 0 radical (unpaired) electrons. The first-order valence-corrected chi connectivity index (χ1v) is 9.47. The molecule has 0 amide bonds. The highest BCUT2D eigenvalue weighted by atomic mass is 16.3. The number of nitrogens with zero attached hydrogens (tertiary/aromatic N) is 3. The number of hydrogen-bond acceptors (Lipinski definition) is 5. The van der Waals surface area contributed by atoms with E-state index in [0.717, 1.165) is 18.4 Å². The molecule has 2 heterocycles. The van der Waals surface area contributed by atoms with Gasteiger partial charge >= 0.3 is 0 Å². The van der Waals surface area contributed by atoms with Gasteiger partial charge in [-0.1, -0.05) is 42.8 Å². The molecule has 1 fully saturated rings. The predicted molar refractivity (Wildman–Crippen MR) is 102 cm³/mol. The number of hydrogen-bond donors (Lipinski definition) is 3. The third-order valence-corrected chi connectivity index (χ3v) is 5.44. The van der Waals surface area contributed by atoms with Crippen LogP contribution in [0.2, 0.25) is 0 Å². The fourth-order valence-electron chi connectivity index (χ4n) is 4.00. The fraction of sp³-hybridized carbons (Fsp3) is 0.450. The number of aromatic nitrogens is 4. The van der Waals surface area contributed by atoms with Crippen LogP contribution in [-0.2, 0) is 6.42 Å². The van der Waals surface area contributed by atoms with Crippen molar-refractivity contribution in [2.45, 2.75) is 44.8 Å². The number of aliphatic hydroxyl groups excluding tert-OH is 2. The zero-order valence-electron chi connectivity index (χ0n) is 15.3. The first-order chi connectivity index (χ1) is 13.1. The van der Waals surface area contributed by atoms with E-state index >= 15 is 0 Å². The minimum atomic E-state index is -0.608. The summed E-state index contributed by atoms with van der Waals surface area (Å²) < 4.78 is 1.64. The van der Waals surface area contributed by atoms with Gasteiger partial charge in [0.25, 0.3) is 5.56 Å². The Kier molecular flexibility index (Phi) is 4.80. The summed E-state index contributed by atoms with van der Waals surface area (Å²) in [5.41, 5.74) is 3.46. The molecule has 4 rings (SSSR count). The van der Waals surface area contributed by atoms with Crippen molar-refractivity contribution in [1.82, 2.24) is 20.0 Å². The first kappa shape index (κ1) is 17.9. The molecule has 0 saturated heterocycles. The third-order valence-electron chi connectivity index (χ3n) is 5.44. The van der Waals surface area contributed by atoms with E-state index < -0.39 is 6.10 Å². The van der Waals surface area contributed by atoms with Gasteiger partial charge in [-0.05, 0) is 42.4 Å². The lowest BCUT2D eigenvalue weighted by Gasteiger charge is -2.15. The van der Waals surface area contributed by atoms with Crippen LogP contribution in [0.5, 0.6) is 0 Å². The second-order valence-corrected chi connectivity index (χ2v) is 7.38. The monoisotopic (exact) mass is 368 g/mol. The highest BCUT2D eigenvalue weighted by Crippen LogP contribution is 2.35.